The molecule has 4 aliphatic rings. The molecule has 4 saturated heterocycles. The summed E-state index contributed by atoms with van der Waals surface area (Å²) in [6.07, 6.45) is 6.14. The Balaban J connectivity index is 1.35. The van der Waals surface area contributed by atoms with E-state index >= 15 is 0 Å². The van der Waals surface area contributed by atoms with Gasteiger partial charge in [0, 0.05) is 50.3 Å². The fourth-order valence-electron chi connectivity index (χ4n) is 5.98. The number of nitrogens with one attached hydrogen (secondary N) is 2. The number of hydrogen-bond acceptors (Lipinski definition) is 6. The number of nitrogens with zero attached hydrogens (tertiary/aromatic N) is 4. The zero-order chi connectivity index (χ0) is 21.5. The van der Waals surface area contributed by atoms with Gasteiger partial charge in [0.25, 0.3) is 0 Å². The van der Waals surface area contributed by atoms with Gasteiger partial charge in [-0.3, -0.25) is 14.4 Å². The van der Waals surface area contributed by atoms with Crippen molar-refractivity contribution in [3.63, 3.8) is 0 Å². The minimum Gasteiger partial charge on any atom is -0.356 e. The van der Waals surface area contributed by atoms with Crippen LogP contribution >= 0.6 is 0 Å². The van der Waals surface area contributed by atoms with Crippen LogP contribution in [0, 0.1) is 18.8 Å². The number of rotatable bonds is 4. The predicted octanol–water partition coefficient (Wildman–Crippen LogP) is 0.386. The van der Waals surface area contributed by atoms with Gasteiger partial charge < -0.3 is 20.4 Å². The first-order chi connectivity index (χ1) is 15.0. The van der Waals surface area contributed by atoms with Gasteiger partial charge in [0.1, 0.15) is 18.2 Å². The van der Waals surface area contributed by atoms with Gasteiger partial charge in [0.2, 0.25) is 17.7 Å². The molecule has 9 nitrogen and oxygen atoms in total. The summed E-state index contributed by atoms with van der Waals surface area (Å²) in [7, 11) is 0. The number of carbonyl (C=O) groups is 3. The lowest BCUT2D eigenvalue weighted by Crippen LogP contribution is -2.67. The van der Waals surface area contributed by atoms with Crippen molar-refractivity contribution >= 4 is 23.5 Å². The Bertz CT molecular complexity index is 892. The van der Waals surface area contributed by atoms with Crippen molar-refractivity contribution in [1.82, 2.24) is 25.5 Å². The Kier molecular flexibility index (Phi) is 5.27. The number of anilines is 1. The molecule has 5 atom stereocenters. The van der Waals surface area contributed by atoms with E-state index in [1.807, 2.05) is 13.0 Å². The number of hydrogen-bond donors (Lipinski definition) is 2. The van der Waals surface area contributed by atoms with Gasteiger partial charge in [-0.05, 0) is 44.4 Å². The zero-order valence-electron chi connectivity index (χ0n) is 17.9. The van der Waals surface area contributed by atoms with Crippen LogP contribution in [0.3, 0.4) is 0 Å². The highest BCUT2D eigenvalue weighted by atomic mass is 16.2. The van der Waals surface area contributed by atoms with Crippen LogP contribution in [0.25, 0.3) is 0 Å². The van der Waals surface area contributed by atoms with Crippen LogP contribution in [0.5, 0.6) is 0 Å². The molecular formula is C22H30N6O3. The molecule has 5 rings (SSSR count). The van der Waals surface area contributed by atoms with E-state index in [2.05, 4.69) is 30.4 Å². The smallest absolute Gasteiger partial charge is 0.242 e. The quantitative estimate of drug-likeness (QED) is 0.721. The van der Waals surface area contributed by atoms with E-state index in [1.54, 1.807) is 6.33 Å². The number of fused-ring (bicyclic) bond motifs is 4. The molecule has 4 aliphatic heterocycles. The monoisotopic (exact) mass is 426 g/mol. The lowest BCUT2D eigenvalue weighted by molar-refractivity contribution is -0.149. The molecule has 1 aromatic heterocycles. The third kappa shape index (κ3) is 3.85. The average molecular weight is 427 g/mol. The molecule has 0 spiro atoms. The first-order valence-electron chi connectivity index (χ1n) is 11.4. The fraction of sp³-hybridized carbons (Fsp3) is 0.682. The molecular weight excluding hydrogens is 396 g/mol. The third-order valence-electron chi connectivity index (χ3n) is 7.41. The van der Waals surface area contributed by atoms with Crippen molar-refractivity contribution < 1.29 is 14.4 Å². The summed E-state index contributed by atoms with van der Waals surface area (Å²) < 4.78 is 0. The normalized spacial score (nSPS) is 32.5. The molecule has 3 amide bonds. The van der Waals surface area contributed by atoms with Crippen LogP contribution in [0.1, 0.15) is 44.2 Å². The van der Waals surface area contributed by atoms with E-state index in [1.165, 1.54) is 0 Å². The second kappa shape index (κ2) is 8.09. The highest BCUT2D eigenvalue weighted by Crippen LogP contribution is 2.42. The molecule has 2 N–H and O–H groups in total. The number of aryl methyl sites for hydroxylation is 1. The van der Waals surface area contributed by atoms with Crippen molar-refractivity contribution in [2.75, 3.05) is 24.5 Å². The van der Waals surface area contributed by atoms with E-state index in [0.29, 0.717) is 31.7 Å². The molecule has 166 valence electrons. The van der Waals surface area contributed by atoms with Crippen LogP contribution in [-0.2, 0) is 14.4 Å². The van der Waals surface area contributed by atoms with Crippen LogP contribution in [-0.4, -0.2) is 70.3 Å². The van der Waals surface area contributed by atoms with Gasteiger partial charge in [-0.15, -0.1) is 0 Å². The second-order valence-electron chi connectivity index (χ2n) is 9.41. The Morgan fingerprint density at radius 1 is 1.19 bits per heavy atom. The maximum Gasteiger partial charge on any atom is 0.242 e. The maximum atomic E-state index is 12.9. The van der Waals surface area contributed by atoms with Gasteiger partial charge in [-0.2, -0.15) is 0 Å². The Morgan fingerprint density at radius 2 is 2.03 bits per heavy atom. The lowest BCUT2D eigenvalue weighted by Gasteiger charge is -2.56. The molecule has 31 heavy (non-hydrogen) atoms. The van der Waals surface area contributed by atoms with E-state index in [9.17, 15) is 14.4 Å². The molecule has 4 fully saturated rings. The van der Waals surface area contributed by atoms with Gasteiger partial charge in [-0.1, -0.05) is 0 Å². The largest absolute Gasteiger partial charge is 0.356 e. The summed E-state index contributed by atoms with van der Waals surface area (Å²) in [5.74, 6) is 1.62. The van der Waals surface area contributed by atoms with E-state index < -0.39 is 6.04 Å². The summed E-state index contributed by atoms with van der Waals surface area (Å²) >= 11 is 0. The van der Waals surface area contributed by atoms with Crippen molar-refractivity contribution in [2.45, 2.75) is 63.6 Å². The zero-order valence-corrected chi connectivity index (χ0v) is 17.9. The van der Waals surface area contributed by atoms with Gasteiger partial charge >= 0.3 is 0 Å². The van der Waals surface area contributed by atoms with Crippen molar-refractivity contribution in [3.05, 3.63) is 18.1 Å². The first-order valence-corrected chi connectivity index (χ1v) is 11.4. The molecule has 9 heteroatoms. The van der Waals surface area contributed by atoms with Crippen LogP contribution in [0.15, 0.2) is 12.4 Å². The summed E-state index contributed by atoms with van der Waals surface area (Å²) in [6, 6.07) is 1.76. The first kappa shape index (κ1) is 20.2. The standard InChI is InChI=1S/C22H30N6O3/c1-13-7-19(25-12-24-13)27-10-14-8-15(11-27)18(28-17(14)3-2-4-21(28)30)9-23-22(31)16-5-6-20(29)26-16/h7,12,14-18H,2-6,8-11H2,1H3,(H,23,31)(H,26,29)/t14-,15-,16+,17-,18-/m0/s1. The Hall–Kier alpha value is -2.71. The van der Waals surface area contributed by atoms with E-state index in [-0.39, 0.29) is 35.7 Å². The number of piperidine rings is 3. The number of aromatic nitrogens is 2. The Morgan fingerprint density at radius 3 is 2.81 bits per heavy atom. The van der Waals surface area contributed by atoms with Gasteiger partial charge in [0.05, 0.1) is 6.04 Å². The van der Waals surface area contributed by atoms with Crippen molar-refractivity contribution in [3.8, 4) is 0 Å². The number of carbonyl (C=O) groups excluding carboxylic acids is 3. The minimum atomic E-state index is -0.455. The van der Waals surface area contributed by atoms with Crippen LogP contribution < -0.4 is 15.5 Å². The third-order valence-corrected chi connectivity index (χ3v) is 7.41. The highest BCUT2D eigenvalue weighted by Gasteiger charge is 2.49. The Labute approximate surface area is 182 Å². The minimum absolute atomic E-state index is 0.0270. The SMILES string of the molecule is Cc1cc(N2C[C@@H]3C[C@@H](C2)[C@H](CNC(=O)[C@H]2CCC(=O)N2)N2C(=O)CCC[C@@H]32)ncn1. The molecule has 1 aromatic rings. The highest BCUT2D eigenvalue weighted by molar-refractivity contribution is 5.90. The summed E-state index contributed by atoms with van der Waals surface area (Å²) in [4.78, 5) is 50.2. The predicted molar refractivity (Wildman–Crippen MR) is 113 cm³/mol. The molecule has 0 saturated carbocycles. The van der Waals surface area contributed by atoms with Crippen LogP contribution in [0.2, 0.25) is 0 Å². The van der Waals surface area contributed by atoms with E-state index in [0.717, 1.165) is 43.9 Å². The fourth-order valence-corrected chi connectivity index (χ4v) is 5.98. The summed E-state index contributed by atoms with van der Waals surface area (Å²) in [5, 5.41) is 5.77. The lowest BCUT2D eigenvalue weighted by atomic mass is 9.72. The topological polar surface area (TPSA) is 108 Å². The molecule has 0 aromatic carbocycles. The summed E-state index contributed by atoms with van der Waals surface area (Å²) in [5.41, 5.74) is 0.942. The van der Waals surface area contributed by atoms with E-state index in [4.69, 9.17) is 0 Å². The summed E-state index contributed by atoms with van der Waals surface area (Å²) in [6.45, 7) is 4.11. The maximum absolute atomic E-state index is 12.9. The molecule has 5 heterocycles. The average Bonchev–Trinajstić information content (AvgIpc) is 3.20. The van der Waals surface area contributed by atoms with Gasteiger partial charge in [-0.25, -0.2) is 9.97 Å². The molecule has 0 aliphatic carbocycles. The van der Waals surface area contributed by atoms with Gasteiger partial charge in [0.15, 0.2) is 0 Å². The van der Waals surface area contributed by atoms with Crippen LogP contribution in [0.4, 0.5) is 5.82 Å². The molecule has 2 bridgehead atoms. The molecule has 0 unspecified atom stereocenters. The van der Waals surface area contributed by atoms with Crippen molar-refractivity contribution in [1.29, 1.82) is 0 Å². The second-order valence-corrected chi connectivity index (χ2v) is 9.41. The molecule has 0 radical (unpaired) electrons. The van der Waals surface area contributed by atoms with Crippen molar-refractivity contribution in [2.24, 2.45) is 11.8 Å². The number of amides is 3.